The van der Waals surface area contributed by atoms with Gasteiger partial charge in [-0.05, 0) is 33.0 Å². The fourth-order valence-electron chi connectivity index (χ4n) is 1.51. The van der Waals surface area contributed by atoms with Crippen LogP contribution in [0.1, 0.15) is 19.3 Å². The minimum absolute atomic E-state index is 0.326. The maximum absolute atomic E-state index is 9.24. The van der Waals surface area contributed by atoms with Crippen molar-refractivity contribution < 1.29 is 5.11 Å². The molecule has 0 aromatic carbocycles. The molecule has 0 saturated carbocycles. The molecule has 4 nitrogen and oxygen atoms in total. The first kappa shape index (κ1) is 12.8. The first-order valence-electron chi connectivity index (χ1n) is 5.01. The van der Waals surface area contributed by atoms with Crippen molar-refractivity contribution in [1.82, 2.24) is 4.90 Å². The van der Waals surface area contributed by atoms with Gasteiger partial charge in [0.1, 0.15) is 0 Å². The number of nitrogens with zero attached hydrogens (tertiary/aromatic N) is 1. The lowest BCUT2D eigenvalue weighted by molar-refractivity contribution is 0.107. The smallest absolute Gasteiger partial charge is 0.0789 e. The lowest BCUT2D eigenvalue weighted by Gasteiger charge is -2.27. The molecule has 80 valence electrons. The van der Waals surface area contributed by atoms with Crippen LogP contribution in [-0.2, 0) is 0 Å². The molecule has 1 atom stereocenters. The Morgan fingerprint density at radius 2 is 1.77 bits per heavy atom. The Kier molecular flexibility index (Phi) is 8.33. The monoisotopic (exact) mass is 189 g/mol. The third kappa shape index (κ3) is 5.99. The van der Waals surface area contributed by atoms with E-state index in [-0.39, 0.29) is 6.10 Å². The molecule has 0 spiro atoms. The molecular formula is C9H23N3O. The molecule has 0 aromatic heterocycles. The van der Waals surface area contributed by atoms with Crippen molar-refractivity contribution in [2.45, 2.75) is 25.4 Å². The van der Waals surface area contributed by atoms with Crippen LogP contribution in [0.15, 0.2) is 0 Å². The highest BCUT2D eigenvalue weighted by Crippen LogP contribution is 2.08. The number of aliphatic hydroxyl groups excluding tert-OH is 1. The van der Waals surface area contributed by atoms with Gasteiger partial charge in [-0.2, -0.15) is 0 Å². The molecule has 1 unspecified atom stereocenters. The molecule has 1 aliphatic rings. The minimum Gasteiger partial charge on any atom is -0.390 e. The number of hydrogen-bond acceptors (Lipinski definition) is 4. The van der Waals surface area contributed by atoms with Crippen LogP contribution in [0.5, 0.6) is 0 Å². The van der Waals surface area contributed by atoms with E-state index >= 15 is 0 Å². The molecule has 5 N–H and O–H groups in total. The molecule has 0 aliphatic carbocycles. The van der Waals surface area contributed by atoms with Crippen LogP contribution in [0.25, 0.3) is 0 Å². The first-order valence-corrected chi connectivity index (χ1v) is 5.01. The van der Waals surface area contributed by atoms with Gasteiger partial charge in [0.2, 0.25) is 0 Å². The van der Waals surface area contributed by atoms with Crippen LogP contribution in [0.4, 0.5) is 0 Å². The van der Waals surface area contributed by atoms with Gasteiger partial charge in [0.05, 0.1) is 6.10 Å². The average Bonchev–Trinajstić information content (AvgIpc) is 2.22. The van der Waals surface area contributed by atoms with E-state index in [2.05, 4.69) is 10.6 Å². The Balaban J connectivity index is 0.000000671. The van der Waals surface area contributed by atoms with Gasteiger partial charge in [0.25, 0.3) is 0 Å². The van der Waals surface area contributed by atoms with Gasteiger partial charge in [-0.15, -0.1) is 0 Å². The van der Waals surface area contributed by atoms with Crippen molar-refractivity contribution in [3.63, 3.8) is 0 Å². The molecule has 0 aromatic rings. The van der Waals surface area contributed by atoms with E-state index in [1.54, 1.807) is 0 Å². The zero-order valence-corrected chi connectivity index (χ0v) is 8.58. The summed E-state index contributed by atoms with van der Waals surface area (Å²) >= 11 is 0. The summed E-state index contributed by atoms with van der Waals surface area (Å²) < 4.78 is 0. The third-order valence-electron chi connectivity index (χ3n) is 2.19. The van der Waals surface area contributed by atoms with E-state index in [9.17, 15) is 5.11 Å². The Labute approximate surface area is 80.9 Å². The highest BCUT2D eigenvalue weighted by molar-refractivity contribution is 4.68. The summed E-state index contributed by atoms with van der Waals surface area (Å²) in [6.07, 6.45) is 3.57. The van der Waals surface area contributed by atoms with Crippen molar-refractivity contribution in [3.8, 4) is 0 Å². The van der Waals surface area contributed by atoms with Gasteiger partial charge in [0, 0.05) is 13.1 Å². The van der Waals surface area contributed by atoms with E-state index in [1.165, 1.54) is 26.3 Å². The molecule has 1 saturated heterocycles. The predicted octanol–water partition coefficient (Wildman–Crippen LogP) is -0.633. The lowest BCUT2D eigenvalue weighted by atomic mass is 10.1. The second kappa shape index (κ2) is 8.44. The van der Waals surface area contributed by atoms with Crippen LogP contribution in [0.3, 0.4) is 0 Å². The van der Waals surface area contributed by atoms with Crippen LogP contribution >= 0.6 is 0 Å². The number of rotatable bonds is 3. The summed E-state index contributed by atoms with van der Waals surface area (Å²) in [5, 5.41) is 9.24. The second-order valence-electron chi connectivity index (χ2n) is 3.25. The number of β-amino-alcohol motifs (C(OH)–C–C–N with tert-alkyl or cyclic N) is 1. The topological polar surface area (TPSA) is 75.5 Å². The molecule has 0 radical (unpaired) electrons. The fourth-order valence-corrected chi connectivity index (χ4v) is 1.51. The van der Waals surface area contributed by atoms with Gasteiger partial charge in [0.15, 0.2) is 0 Å². The number of likely N-dealkylation sites (tertiary alicyclic amines) is 1. The van der Waals surface area contributed by atoms with Crippen molar-refractivity contribution in [3.05, 3.63) is 0 Å². The summed E-state index contributed by atoms with van der Waals surface area (Å²) in [4.78, 5) is 2.29. The van der Waals surface area contributed by atoms with E-state index in [1.807, 2.05) is 0 Å². The van der Waals surface area contributed by atoms with Crippen molar-refractivity contribution in [2.75, 3.05) is 33.2 Å². The molecule has 1 fully saturated rings. The van der Waals surface area contributed by atoms with E-state index in [4.69, 9.17) is 5.73 Å². The fraction of sp³-hybridized carbons (Fsp3) is 1.00. The zero-order chi connectivity index (χ0) is 10.1. The van der Waals surface area contributed by atoms with Gasteiger partial charge in [-0.1, -0.05) is 6.42 Å². The van der Waals surface area contributed by atoms with Gasteiger partial charge >= 0.3 is 0 Å². The highest BCUT2D eigenvalue weighted by Gasteiger charge is 2.12. The van der Waals surface area contributed by atoms with Crippen LogP contribution in [-0.4, -0.2) is 49.3 Å². The van der Waals surface area contributed by atoms with E-state index in [0.717, 1.165) is 19.6 Å². The molecule has 1 heterocycles. The quantitative estimate of drug-likeness (QED) is 0.552. The summed E-state index contributed by atoms with van der Waals surface area (Å²) in [6, 6.07) is 0. The Hall–Kier alpha value is -0.160. The summed E-state index contributed by atoms with van der Waals surface area (Å²) in [5.41, 5.74) is 9.81. The first-order chi connectivity index (χ1) is 6.33. The zero-order valence-electron chi connectivity index (χ0n) is 8.58. The largest absolute Gasteiger partial charge is 0.390 e. The molecule has 0 amide bonds. The molecule has 1 aliphatic heterocycles. The minimum atomic E-state index is -0.326. The van der Waals surface area contributed by atoms with Crippen LogP contribution in [0, 0.1) is 0 Å². The second-order valence-corrected chi connectivity index (χ2v) is 3.25. The highest BCUT2D eigenvalue weighted by atomic mass is 16.3. The van der Waals surface area contributed by atoms with Gasteiger partial charge in [-0.25, -0.2) is 0 Å². The van der Waals surface area contributed by atoms with Crippen LogP contribution < -0.4 is 11.5 Å². The lowest BCUT2D eigenvalue weighted by Crippen LogP contribution is -2.39. The number of piperidine rings is 1. The maximum atomic E-state index is 9.24. The number of aliphatic hydroxyl groups is 1. The van der Waals surface area contributed by atoms with Crippen molar-refractivity contribution >= 4 is 0 Å². The van der Waals surface area contributed by atoms with Crippen LogP contribution in [0.2, 0.25) is 0 Å². The predicted molar refractivity (Wildman–Crippen MR) is 55.5 cm³/mol. The Bertz CT molecular complexity index is 105. The standard InChI is InChI=1S/C8H18N2O.CH5N/c9-6-8(11)7-10-4-2-1-3-5-10;1-2/h8,11H,1-7,9H2;2H2,1H3. The summed E-state index contributed by atoms with van der Waals surface area (Å²) in [7, 11) is 1.50. The molecule has 4 heteroatoms. The maximum Gasteiger partial charge on any atom is 0.0789 e. The number of hydrogen-bond donors (Lipinski definition) is 3. The van der Waals surface area contributed by atoms with Crippen molar-refractivity contribution in [1.29, 1.82) is 0 Å². The van der Waals surface area contributed by atoms with E-state index in [0.29, 0.717) is 6.54 Å². The van der Waals surface area contributed by atoms with Crippen molar-refractivity contribution in [2.24, 2.45) is 11.5 Å². The third-order valence-corrected chi connectivity index (χ3v) is 2.19. The van der Waals surface area contributed by atoms with E-state index < -0.39 is 0 Å². The molecular weight excluding hydrogens is 166 g/mol. The average molecular weight is 189 g/mol. The van der Waals surface area contributed by atoms with Gasteiger partial charge < -0.3 is 21.5 Å². The summed E-state index contributed by atoms with van der Waals surface area (Å²) in [6.45, 7) is 3.42. The van der Waals surface area contributed by atoms with Gasteiger partial charge in [-0.3, -0.25) is 0 Å². The normalized spacial score (nSPS) is 20.3. The Morgan fingerprint density at radius 3 is 2.23 bits per heavy atom. The molecule has 13 heavy (non-hydrogen) atoms. The number of nitrogens with two attached hydrogens (primary N) is 2. The molecule has 0 bridgehead atoms. The SMILES string of the molecule is CN.NCC(O)CN1CCCCC1. The summed E-state index contributed by atoms with van der Waals surface area (Å²) in [5.74, 6) is 0. The molecule has 1 rings (SSSR count). The Morgan fingerprint density at radius 1 is 1.23 bits per heavy atom.